The summed E-state index contributed by atoms with van der Waals surface area (Å²) >= 11 is 0. The third-order valence-electron chi connectivity index (χ3n) is 2.63. The summed E-state index contributed by atoms with van der Waals surface area (Å²) in [6, 6.07) is 4.67. The van der Waals surface area contributed by atoms with Gasteiger partial charge in [-0.2, -0.15) is 0 Å². The second-order valence-corrected chi connectivity index (χ2v) is 3.96. The molecule has 0 bridgehead atoms. The Hall–Kier alpha value is -1.66. The van der Waals surface area contributed by atoms with Gasteiger partial charge in [0.25, 0.3) is 0 Å². The molecule has 0 saturated carbocycles. The quantitative estimate of drug-likeness (QED) is 0.262. The first-order valence-electron chi connectivity index (χ1n) is 5.74. The Balaban J connectivity index is 2.72. The van der Waals surface area contributed by atoms with Crippen LogP contribution in [0, 0.1) is 5.82 Å². The zero-order chi connectivity index (χ0) is 13.5. The molecule has 0 aliphatic heterocycles. The van der Waals surface area contributed by atoms with Crippen molar-refractivity contribution in [2.24, 2.45) is 10.9 Å². The Kier molecular flexibility index (Phi) is 5.54. The maximum atomic E-state index is 13.9. The number of nitrogens with one attached hydrogen (secondary N) is 1. The molecule has 6 heteroatoms. The van der Waals surface area contributed by atoms with Gasteiger partial charge in [-0.3, -0.25) is 0 Å². The van der Waals surface area contributed by atoms with Gasteiger partial charge in [0.15, 0.2) is 5.84 Å². The van der Waals surface area contributed by atoms with Crippen LogP contribution in [0.2, 0.25) is 0 Å². The summed E-state index contributed by atoms with van der Waals surface area (Å²) < 4.78 is 13.9. The molecule has 0 aliphatic rings. The van der Waals surface area contributed by atoms with Crippen molar-refractivity contribution in [3.63, 3.8) is 0 Å². The number of aliphatic hydroxyl groups is 1. The molecule has 0 radical (unpaired) electrons. The zero-order valence-corrected chi connectivity index (χ0v) is 10.2. The van der Waals surface area contributed by atoms with E-state index in [2.05, 4.69) is 10.5 Å². The molecule has 0 amide bonds. The molecule has 1 rings (SSSR count). The molecule has 100 valence electrons. The fraction of sp³-hybridized carbons (Fsp3) is 0.417. The van der Waals surface area contributed by atoms with Crippen LogP contribution in [0.3, 0.4) is 0 Å². The number of nitrogens with two attached hydrogens (primary N) is 1. The third kappa shape index (κ3) is 3.68. The standard InChI is InChI=1S/C12H18FN3O2/c1-2-9(17)7-15-6-8-4-3-5-10(11(8)13)12(14)16-18/h3-5,9,15,17-18H,2,6-7H2,1H3,(H2,14,16). The molecule has 0 aromatic heterocycles. The molecule has 0 spiro atoms. The molecule has 1 atom stereocenters. The van der Waals surface area contributed by atoms with E-state index in [0.717, 1.165) is 0 Å². The topological polar surface area (TPSA) is 90.9 Å². The molecule has 0 fully saturated rings. The summed E-state index contributed by atoms with van der Waals surface area (Å²) in [4.78, 5) is 0. The highest BCUT2D eigenvalue weighted by atomic mass is 19.1. The number of hydrogen-bond donors (Lipinski definition) is 4. The first-order valence-corrected chi connectivity index (χ1v) is 5.74. The Morgan fingerprint density at radius 1 is 1.56 bits per heavy atom. The van der Waals surface area contributed by atoms with E-state index in [1.807, 2.05) is 6.92 Å². The normalized spacial score (nSPS) is 13.6. The number of nitrogens with zero attached hydrogens (tertiary/aromatic N) is 1. The Morgan fingerprint density at radius 2 is 2.28 bits per heavy atom. The molecule has 1 aromatic rings. The van der Waals surface area contributed by atoms with E-state index in [-0.39, 0.29) is 17.9 Å². The van der Waals surface area contributed by atoms with E-state index in [9.17, 15) is 9.50 Å². The minimum atomic E-state index is -0.522. The summed E-state index contributed by atoms with van der Waals surface area (Å²) in [6.07, 6.45) is 0.194. The first kappa shape index (κ1) is 14.4. The van der Waals surface area contributed by atoms with Crippen LogP contribution in [-0.4, -0.2) is 28.8 Å². The SMILES string of the molecule is CCC(O)CNCc1cccc(/C(N)=N/O)c1F. The van der Waals surface area contributed by atoms with Gasteiger partial charge in [0.2, 0.25) is 0 Å². The van der Waals surface area contributed by atoms with E-state index in [1.54, 1.807) is 12.1 Å². The van der Waals surface area contributed by atoms with Gasteiger partial charge in [0.05, 0.1) is 11.7 Å². The fourth-order valence-electron chi connectivity index (χ4n) is 1.49. The van der Waals surface area contributed by atoms with Crippen LogP contribution in [0.1, 0.15) is 24.5 Å². The van der Waals surface area contributed by atoms with Crippen LogP contribution in [0.4, 0.5) is 4.39 Å². The number of hydrogen-bond acceptors (Lipinski definition) is 4. The number of aliphatic hydroxyl groups excluding tert-OH is 1. The molecule has 0 saturated heterocycles. The first-order chi connectivity index (χ1) is 8.60. The van der Waals surface area contributed by atoms with Gasteiger partial charge in [-0.15, -0.1) is 0 Å². The van der Waals surface area contributed by atoms with Gasteiger partial charge in [-0.25, -0.2) is 4.39 Å². The summed E-state index contributed by atoms with van der Waals surface area (Å²) in [5.41, 5.74) is 5.83. The van der Waals surface area contributed by atoms with E-state index >= 15 is 0 Å². The predicted octanol–water partition coefficient (Wildman–Crippen LogP) is 0.781. The average molecular weight is 255 g/mol. The van der Waals surface area contributed by atoms with E-state index < -0.39 is 11.9 Å². The second-order valence-electron chi connectivity index (χ2n) is 3.96. The van der Waals surface area contributed by atoms with E-state index in [0.29, 0.717) is 18.5 Å². The molecule has 0 heterocycles. The molecular weight excluding hydrogens is 237 g/mol. The van der Waals surface area contributed by atoms with Crippen LogP contribution in [0.5, 0.6) is 0 Å². The van der Waals surface area contributed by atoms with Crippen molar-refractivity contribution in [1.82, 2.24) is 5.32 Å². The monoisotopic (exact) mass is 255 g/mol. The largest absolute Gasteiger partial charge is 0.409 e. The third-order valence-corrected chi connectivity index (χ3v) is 2.63. The Labute approximate surface area is 105 Å². The van der Waals surface area contributed by atoms with Crippen molar-refractivity contribution in [1.29, 1.82) is 0 Å². The van der Waals surface area contributed by atoms with Crippen LogP contribution < -0.4 is 11.1 Å². The lowest BCUT2D eigenvalue weighted by molar-refractivity contribution is 0.167. The van der Waals surface area contributed by atoms with Crippen molar-refractivity contribution in [2.75, 3.05) is 6.54 Å². The number of halogens is 1. The molecule has 5 N–H and O–H groups in total. The smallest absolute Gasteiger partial charge is 0.173 e. The highest BCUT2D eigenvalue weighted by Gasteiger charge is 2.11. The molecule has 1 aromatic carbocycles. The highest BCUT2D eigenvalue weighted by molar-refractivity contribution is 5.97. The van der Waals surface area contributed by atoms with Crippen LogP contribution in [0.15, 0.2) is 23.4 Å². The van der Waals surface area contributed by atoms with E-state index in [1.165, 1.54) is 6.07 Å². The van der Waals surface area contributed by atoms with E-state index in [4.69, 9.17) is 10.9 Å². The number of benzene rings is 1. The summed E-state index contributed by atoms with van der Waals surface area (Å²) in [7, 11) is 0. The molecule has 5 nitrogen and oxygen atoms in total. The van der Waals surface area contributed by atoms with Crippen molar-refractivity contribution < 1.29 is 14.7 Å². The van der Waals surface area contributed by atoms with Crippen molar-refractivity contribution in [3.05, 3.63) is 35.1 Å². The van der Waals surface area contributed by atoms with Crippen molar-refractivity contribution in [2.45, 2.75) is 26.0 Å². The molecule has 1 unspecified atom stereocenters. The highest BCUT2D eigenvalue weighted by Crippen LogP contribution is 2.12. The van der Waals surface area contributed by atoms with Crippen LogP contribution in [0.25, 0.3) is 0 Å². The lowest BCUT2D eigenvalue weighted by atomic mass is 10.1. The predicted molar refractivity (Wildman–Crippen MR) is 66.9 cm³/mol. The Morgan fingerprint density at radius 3 is 2.89 bits per heavy atom. The van der Waals surface area contributed by atoms with Gasteiger partial charge < -0.3 is 21.4 Å². The summed E-state index contributed by atoms with van der Waals surface area (Å²) in [5, 5.41) is 23.6. The minimum Gasteiger partial charge on any atom is -0.409 e. The minimum absolute atomic E-state index is 0.0628. The summed E-state index contributed by atoms with van der Waals surface area (Å²) in [6.45, 7) is 2.53. The lowest BCUT2D eigenvalue weighted by Crippen LogP contribution is -2.26. The van der Waals surface area contributed by atoms with Crippen molar-refractivity contribution >= 4 is 5.84 Å². The summed E-state index contributed by atoms with van der Waals surface area (Å²) in [5.74, 6) is -0.783. The Bertz CT molecular complexity index is 424. The average Bonchev–Trinajstić information content (AvgIpc) is 2.39. The number of oxime groups is 1. The zero-order valence-electron chi connectivity index (χ0n) is 10.2. The van der Waals surface area contributed by atoms with Gasteiger partial charge in [-0.05, 0) is 12.5 Å². The fourth-order valence-corrected chi connectivity index (χ4v) is 1.49. The van der Waals surface area contributed by atoms with Crippen LogP contribution in [-0.2, 0) is 6.54 Å². The van der Waals surface area contributed by atoms with Crippen LogP contribution >= 0.6 is 0 Å². The maximum Gasteiger partial charge on any atom is 0.173 e. The molecular formula is C12H18FN3O2. The van der Waals surface area contributed by atoms with Gasteiger partial charge >= 0.3 is 0 Å². The van der Waals surface area contributed by atoms with Gasteiger partial charge in [0, 0.05) is 18.7 Å². The second kappa shape index (κ2) is 6.93. The van der Waals surface area contributed by atoms with Crippen molar-refractivity contribution in [3.8, 4) is 0 Å². The van der Waals surface area contributed by atoms with Gasteiger partial charge in [-0.1, -0.05) is 24.2 Å². The number of amidine groups is 1. The lowest BCUT2D eigenvalue weighted by Gasteiger charge is -2.11. The molecule has 0 aliphatic carbocycles. The molecule has 18 heavy (non-hydrogen) atoms. The maximum absolute atomic E-state index is 13.9. The number of rotatable bonds is 6. The van der Waals surface area contributed by atoms with Gasteiger partial charge in [0.1, 0.15) is 5.82 Å².